The fourth-order valence-electron chi connectivity index (χ4n) is 3.22. The second-order valence-electron chi connectivity index (χ2n) is 6.06. The first kappa shape index (κ1) is 14.1. The third-order valence-corrected chi connectivity index (χ3v) is 4.40. The Balaban J connectivity index is 1.79. The summed E-state index contributed by atoms with van der Waals surface area (Å²) in [6, 6.07) is 8.45. The summed E-state index contributed by atoms with van der Waals surface area (Å²) in [5.41, 5.74) is 3.30. The molecule has 1 aliphatic rings. The van der Waals surface area contributed by atoms with Crippen LogP contribution in [0.3, 0.4) is 0 Å². The Morgan fingerprint density at radius 3 is 2.43 bits per heavy atom. The zero-order valence-corrected chi connectivity index (χ0v) is 12.8. The van der Waals surface area contributed by atoms with Gasteiger partial charge in [-0.15, -0.1) is 0 Å². The molecule has 112 valence electrons. The number of aromatic nitrogens is 2. The van der Waals surface area contributed by atoms with E-state index >= 15 is 0 Å². The lowest BCUT2D eigenvalue weighted by molar-refractivity contribution is 0.372. The molecule has 0 saturated carbocycles. The predicted molar refractivity (Wildman–Crippen MR) is 85.0 cm³/mol. The molecule has 4 heteroatoms. The lowest BCUT2D eigenvalue weighted by Crippen LogP contribution is -2.28. The van der Waals surface area contributed by atoms with Crippen molar-refractivity contribution in [3.8, 4) is 5.69 Å². The highest BCUT2D eigenvalue weighted by molar-refractivity contribution is 5.36. The second-order valence-corrected chi connectivity index (χ2v) is 6.06. The molecule has 1 fully saturated rings. The van der Waals surface area contributed by atoms with Gasteiger partial charge in [0.1, 0.15) is 0 Å². The number of benzene rings is 1. The zero-order valence-electron chi connectivity index (χ0n) is 12.8. The van der Waals surface area contributed by atoms with Gasteiger partial charge < -0.3 is 9.88 Å². The third-order valence-electron chi connectivity index (χ3n) is 4.40. The van der Waals surface area contributed by atoms with Gasteiger partial charge in [-0.25, -0.2) is 4.79 Å². The molecule has 21 heavy (non-hydrogen) atoms. The van der Waals surface area contributed by atoms with Crippen LogP contribution in [0.5, 0.6) is 0 Å². The van der Waals surface area contributed by atoms with E-state index in [1.165, 1.54) is 18.4 Å². The average Bonchev–Trinajstić information content (AvgIpc) is 2.74. The summed E-state index contributed by atoms with van der Waals surface area (Å²) in [4.78, 5) is 12.1. The van der Waals surface area contributed by atoms with E-state index in [4.69, 9.17) is 0 Å². The lowest BCUT2D eigenvalue weighted by atomic mass is 9.91. The van der Waals surface area contributed by atoms with Crippen LogP contribution in [0.2, 0.25) is 0 Å². The van der Waals surface area contributed by atoms with Gasteiger partial charge in [-0.3, -0.25) is 4.57 Å². The summed E-state index contributed by atoms with van der Waals surface area (Å²) in [6.45, 7) is 4.24. The van der Waals surface area contributed by atoms with Gasteiger partial charge in [-0.1, -0.05) is 12.1 Å². The van der Waals surface area contributed by atoms with Crippen molar-refractivity contribution >= 4 is 0 Å². The van der Waals surface area contributed by atoms with Crippen molar-refractivity contribution in [2.45, 2.75) is 26.2 Å². The number of piperidine rings is 1. The van der Waals surface area contributed by atoms with Crippen LogP contribution in [0.15, 0.2) is 35.3 Å². The third kappa shape index (κ3) is 2.95. The van der Waals surface area contributed by atoms with E-state index in [2.05, 4.69) is 29.6 Å². The topological polar surface area (TPSA) is 39.0 Å². The molecular formula is C17H23N3O. The van der Waals surface area contributed by atoms with Gasteiger partial charge in [0.25, 0.3) is 0 Å². The molecule has 0 unspecified atom stereocenters. The first-order valence-corrected chi connectivity index (χ1v) is 7.70. The van der Waals surface area contributed by atoms with Crippen LogP contribution in [0.1, 0.15) is 24.1 Å². The van der Waals surface area contributed by atoms with Crippen LogP contribution in [0.25, 0.3) is 5.69 Å². The first-order chi connectivity index (χ1) is 10.1. The molecule has 1 aliphatic heterocycles. The SMILES string of the molecule is Cc1cn(C)c(=O)n1-c1ccc(CC2CCNCC2)cc1. The number of nitrogens with one attached hydrogen (secondary N) is 1. The van der Waals surface area contributed by atoms with Gasteiger partial charge >= 0.3 is 5.69 Å². The maximum absolute atomic E-state index is 12.1. The fraction of sp³-hybridized carbons (Fsp3) is 0.471. The van der Waals surface area contributed by atoms with E-state index in [9.17, 15) is 4.79 Å². The number of hydrogen-bond donors (Lipinski definition) is 1. The second kappa shape index (κ2) is 5.90. The van der Waals surface area contributed by atoms with Gasteiger partial charge in [0.15, 0.2) is 0 Å². The largest absolute Gasteiger partial charge is 0.332 e. The van der Waals surface area contributed by atoms with Crippen molar-refractivity contribution in [1.82, 2.24) is 14.5 Å². The van der Waals surface area contributed by atoms with E-state index in [-0.39, 0.29) is 5.69 Å². The van der Waals surface area contributed by atoms with Gasteiger partial charge in [-0.05, 0) is 62.9 Å². The Morgan fingerprint density at radius 2 is 1.86 bits per heavy atom. The minimum Gasteiger partial charge on any atom is -0.317 e. The van der Waals surface area contributed by atoms with Crippen LogP contribution in [-0.4, -0.2) is 22.2 Å². The Labute approximate surface area is 125 Å². The molecular weight excluding hydrogens is 262 g/mol. The maximum Gasteiger partial charge on any atom is 0.332 e. The Morgan fingerprint density at radius 1 is 1.19 bits per heavy atom. The summed E-state index contributed by atoms with van der Waals surface area (Å²) >= 11 is 0. The summed E-state index contributed by atoms with van der Waals surface area (Å²) in [5.74, 6) is 0.790. The zero-order chi connectivity index (χ0) is 14.8. The molecule has 1 aromatic carbocycles. The van der Waals surface area contributed by atoms with Crippen molar-refractivity contribution in [3.05, 3.63) is 52.2 Å². The Bertz CT molecular complexity index is 660. The van der Waals surface area contributed by atoms with E-state index in [0.717, 1.165) is 36.8 Å². The summed E-state index contributed by atoms with van der Waals surface area (Å²) in [7, 11) is 1.79. The van der Waals surface area contributed by atoms with Gasteiger partial charge in [0.05, 0.1) is 5.69 Å². The summed E-state index contributed by atoms with van der Waals surface area (Å²) < 4.78 is 3.38. The van der Waals surface area contributed by atoms with Gasteiger partial charge in [0, 0.05) is 18.9 Å². The van der Waals surface area contributed by atoms with Crippen molar-refractivity contribution in [2.24, 2.45) is 13.0 Å². The molecule has 0 bridgehead atoms. The number of hydrogen-bond acceptors (Lipinski definition) is 2. The molecule has 0 aliphatic carbocycles. The normalized spacial score (nSPS) is 16.3. The average molecular weight is 285 g/mol. The van der Waals surface area contributed by atoms with E-state index < -0.39 is 0 Å². The molecule has 1 saturated heterocycles. The van der Waals surface area contributed by atoms with Crippen molar-refractivity contribution in [1.29, 1.82) is 0 Å². The van der Waals surface area contributed by atoms with Crippen LogP contribution in [0.4, 0.5) is 0 Å². The van der Waals surface area contributed by atoms with Crippen LogP contribution < -0.4 is 11.0 Å². The Hall–Kier alpha value is -1.81. The molecule has 2 aromatic rings. The minimum atomic E-state index is 0.0126. The highest BCUT2D eigenvalue weighted by Crippen LogP contribution is 2.19. The number of imidazole rings is 1. The molecule has 2 heterocycles. The number of nitrogens with zero attached hydrogens (tertiary/aromatic N) is 2. The lowest BCUT2D eigenvalue weighted by Gasteiger charge is -2.22. The predicted octanol–water partition coefficient (Wildman–Crippen LogP) is 2.03. The van der Waals surface area contributed by atoms with Crippen LogP contribution >= 0.6 is 0 Å². The molecule has 3 rings (SSSR count). The molecule has 0 amide bonds. The van der Waals surface area contributed by atoms with E-state index in [1.807, 2.05) is 13.1 Å². The van der Waals surface area contributed by atoms with Crippen molar-refractivity contribution in [3.63, 3.8) is 0 Å². The van der Waals surface area contributed by atoms with E-state index in [1.54, 1.807) is 16.2 Å². The van der Waals surface area contributed by atoms with Crippen molar-refractivity contribution in [2.75, 3.05) is 13.1 Å². The molecule has 1 N–H and O–H groups in total. The van der Waals surface area contributed by atoms with Gasteiger partial charge in [-0.2, -0.15) is 0 Å². The van der Waals surface area contributed by atoms with E-state index in [0.29, 0.717) is 0 Å². The quantitative estimate of drug-likeness (QED) is 0.937. The highest BCUT2D eigenvalue weighted by Gasteiger charge is 2.14. The maximum atomic E-state index is 12.1. The fourth-order valence-corrected chi connectivity index (χ4v) is 3.22. The van der Waals surface area contributed by atoms with Gasteiger partial charge in [0.2, 0.25) is 0 Å². The summed E-state index contributed by atoms with van der Waals surface area (Å²) in [6.07, 6.45) is 5.54. The standard InChI is InChI=1S/C17H23N3O/c1-13-12-19(2)17(21)20(13)16-5-3-14(4-6-16)11-15-7-9-18-10-8-15/h3-6,12,15,18H,7-11H2,1-2H3. The molecule has 0 atom stereocenters. The van der Waals surface area contributed by atoms with Crippen molar-refractivity contribution < 1.29 is 0 Å². The smallest absolute Gasteiger partial charge is 0.317 e. The highest BCUT2D eigenvalue weighted by atomic mass is 16.1. The van der Waals surface area contributed by atoms with Crippen LogP contribution in [0, 0.1) is 12.8 Å². The molecule has 4 nitrogen and oxygen atoms in total. The molecule has 0 spiro atoms. The summed E-state index contributed by atoms with van der Waals surface area (Å²) in [5, 5.41) is 3.41. The monoisotopic (exact) mass is 285 g/mol. The molecule has 0 radical (unpaired) electrons. The first-order valence-electron chi connectivity index (χ1n) is 7.70. The van der Waals surface area contributed by atoms with Crippen LogP contribution in [-0.2, 0) is 13.5 Å². The Kier molecular flexibility index (Phi) is 3.97. The number of aryl methyl sites for hydroxylation is 2. The minimum absolute atomic E-state index is 0.0126. The molecule has 1 aromatic heterocycles. The number of rotatable bonds is 3.